The van der Waals surface area contributed by atoms with Crippen molar-refractivity contribution in [1.29, 1.82) is 0 Å². The van der Waals surface area contributed by atoms with Crippen LogP contribution in [0.4, 0.5) is 0 Å². The lowest BCUT2D eigenvalue weighted by Gasteiger charge is -2.34. The fourth-order valence-corrected chi connectivity index (χ4v) is 2.85. The molecule has 2 amide bonds. The first-order valence-corrected chi connectivity index (χ1v) is 7.90. The highest BCUT2D eigenvalue weighted by Crippen LogP contribution is 2.35. The van der Waals surface area contributed by atoms with Crippen LogP contribution in [0.25, 0.3) is 0 Å². The van der Waals surface area contributed by atoms with E-state index in [-0.39, 0.29) is 12.8 Å². The maximum Gasteiger partial charge on any atom is 0.309 e. The normalized spacial score (nSPS) is 18.0. The van der Waals surface area contributed by atoms with Gasteiger partial charge in [0, 0.05) is 26.7 Å². The second-order valence-electron chi connectivity index (χ2n) is 5.57. The number of carbonyl (C=O) groups excluding carboxylic acids is 2. The predicted octanol–water partition coefficient (Wildman–Crippen LogP) is -0.349. The van der Waals surface area contributed by atoms with Crippen LogP contribution in [0.1, 0.15) is 11.6 Å². The SMILES string of the molecule is CNC(=O)C(=O)NC[C@H](c1ccc2c(c1)OCO2)N1CCOCC1. The average molecular weight is 335 g/mol. The zero-order chi connectivity index (χ0) is 16.9. The molecule has 1 saturated heterocycles. The molecule has 0 bridgehead atoms. The first-order valence-electron chi connectivity index (χ1n) is 7.90. The molecule has 2 heterocycles. The molecule has 8 nitrogen and oxygen atoms in total. The van der Waals surface area contributed by atoms with E-state index < -0.39 is 11.8 Å². The molecule has 2 N–H and O–H groups in total. The van der Waals surface area contributed by atoms with Crippen LogP contribution in [-0.2, 0) is 14.3 Å². The summed E-state index contributed by atoms with van der Waals surface area (Å²) in [7, 11) is 1.43. The van der Waals surface area contributed by atoms with Crippen LogP contribution >= 0.6 is 0 Å². The molecule has 1 atom stereocenters. The number of likely N-dealkylation sites (N-methyl/N-ethyl adjacent to an activating group) is 1. The largest absolute Gasteiger partial charge is 0.454 e. The number of hydrogen-bond acceptors (Lipinski definition) is 6. The van der Waals surface area contributed by atoms with Gasteiger partial charge in [0.2, 0.25) is 6.79 Å². The molecular formula is C16H21N3O5. The third-order valence-electron chi connectivity index (χ3n) is 4.16. The van der Waals surface area contributed by atoms with Gasteiger partial charge < -0.3 is 24.8 Å². The quantitative estimate of drug-likeness (QED) is 0.731. The van der Waals surface area contributed by atoms with E-state index in [0.717, 1.165) is 18.7 Å². The van der Waals surface area contributed by atoms with E-state index in [9.17, 15) is 9.59 Å². The Balaban J connectivity index is 1.76. The molecule has 0 spiro atoms. The first-order chi connectivity index (χ1) is 11.7. The van der Waals surface area contributed by atoms with E-state index in [1.165, 1.54) is 7.05 Å². The molecule has 2 aliphatic rings. The number of rotatable bonds is 4. The van der Waals surface area contributed by atoms with Gasteiger partial charge in [0.05, 0.1) is 19.3 Å². The molecular weight excluding hydrogens is 314 g/mol. The van der Waals surface area contributed by atoms with Gasteiger partial charge in [-0.15, -0.1) is 0 Å². The molecule has 1 aromatic rings. The minimum atomic E-state index is -0.651. The van der Waals surface area contributed by atoms with Crippen LogP contribution in [0.15, 0.2) is 18.2 Å². The monoisotopic (exact) mass is 335 g/mol. The van der Waals surface area contributed by atoms with Crippen molar-refractivity contribution in [3.8, 4) is 11.5 Å². The van der Waals surface area contributed by atoms with Crippen LogP contribution < -0.4 is 20.1 Å². The molecule has 130 valence electrons. The number of morpholine rings is 1. The summed E-state index contributed by atoms with van der Waals surface area (Å²) in [6.45, 7) is 3.35. The lowest BCUT2D eigenvalue weighted by atomic mass is 10.0. The minimum absolute atomic E-state index is 0.0722. The Morgan fingerprint density at radius 2 is 1.92 bits per heavy atom. The molecule has 24 heavy (non-hydrogen) atoms. The van der Waals surface area contributed by atoms with Crippen molar-refractivity contribution < 1.29 is 23.8 Å². The van der Waals surface area contributed by atoms with E-state index in [4.69, 9.17) is 14.2 Å². The molecule has 0 saturated carbocycles. The van der Waals surface area contributed by atoms with Crippen molar-refractivity contribution >= 4 is 11.8 Å². The average Bonchev–Trinajstić information content (AvgIpc) is 3.09. The highest BCUT2D eigenvalue weighted by atomic mass is 16.7. The number of hydrogen-bond donors (Lipinski definition) is 2. The summed E-state index contributed by atoms with van der Waals surface area (Å²) in [5, 5.41) is 5.01. The Morgan fingerprint density at radius 3 is 2.67 bits per heavy atom. The van der Waals surface area contributed by atoms with E-state index in [2.05, 4.69) is 15.5 Å². The fraction of sp³-hybridized carbons (Fsp3) is 0.500. The van der Waals surface area contributed by atoms with Crippen LogP contribution in [0.2, 0.25) is 0 Å². The Morgan fingerprint density at radius 1 is 1.17 bits per heavy atom. The number of benzene rings is 1. The van der Waals surface area contributed by atoms with Crippen molar-refractivity contribution in [2.24, 2.45) is 0 Å². The van der Waals surface area contributed by atoms with Crippen molar-refractivity contribution in [1.82, 2.24) is 15.5 Å². The van der Waals surface area contributed by atoms with E-state index in [0.29, 0.717) is 31.3 Å². The first kappa shape index (κ1) is 16.5. The van der Waals surface area contributed by atoms with Gasteiger partial charge >= 0.3 is 11.8 Å². The summed E-state index contributed by atoms with van der Waals surface area (Å²) in [4.78, 5) is 25.4. The highest BCUT2D eigenvalue weighted by molar-refractivity contribution is 6.35. The molecule has 1 fully saturated rings. The maximum atomic E-state index is 11.8. The summed E-state index contributed by atoms with van der Waals surface area (Å²) in [5.74, 6) is 0.121. The molecule has 0 radical (unpaired) electrons. The summed E-state index contributed by atoms with van der Waals surface area (Å²) in [5.41, 5.74) is 0.998. The topological polar surface area (TPSA) is 89.1 Å². The second-order valence-corrected chi connectivity index (χ2v) is 5.57. The third-order valence-corrected chi connectivity index (χ3v) is 4.16. The predicted molar refractivity (Wildman–Crippen MR) is 84.8 cm³/mol. The van der Waals surface area contributed by atoms with E-state index in [1.54, 1.807) is 0 Å². The third kappa shape index (κ3) is 3.60. The number of nitrogens with one attached hydrogen (secondary N) is 2. The zero-order valence-electron chi connectivity index (χ0n) is 13.5. The lowest BCUT2D eigenvalue weighted by Crippen LogP contribution is -2.46. The van der Waals surface area contributed by atoms with E-state index >= 15 is 0 Å². The highest BCUT2D eigenvalue weighted by Gasteiger charge is 2.26. The number of amides is 2. The summed E-state index contributed by atoms with van der Waals surface area (Å²) >= 11 is 0. The smallest absolute Gasteiger partial charge is 0.309 e. The number of nitrogens with zero attached hydrogens (tertiary/aromatic N) is 1. The van der Waals surface area contributed by atoms with Gasteiger partial charge in [-0.2, -0.15) is 0 Å². The molecule has 0 aliphatic carbocycles. The molecule has 8 heteroatoms. The minimum Gasteiger partial charge on any atom is -0.454 e. The van der Waals surface area contributed by atoms with Crippen LogP contribution in [0.3, 0.4) is 0 Å². The maximum absolute atomic E-state index is 11.8. The molecule has 1 aromatic carbocycles. The van der Waals surface area contributed by atoms with Crippen LogP contribution in [0, 0.1) is 0 Å². The van der Waals surface area contributed by atoms with Crippen molar-refractivity contribution in [3.63, 3.8) is 0 Å². The summed E-state index contributed by atoms with van der Waals surface area (Å²) in [6.07, 6.45) is 0. The number of fused-ring (bicyclic) bond motifs is 1. The Bertz CT molecular complexity index is 616. The van der Waals surface area contributed by atoms with Gasteiger partial charge in [0.1, 0.15) is 0 Å². The number of ether oxygens (including phenoxy) is 3. The Hall–Kier alpha value is -2.32. The second kappa shape index (κ2) is 7.50. The number of carbonyl (C=O) groups is 2. The van der Waals surface area contributed by atoms with Gasteiger partial charge in [0.25, 0.3) is 0 Å². The van der Waals surface area contributed by atoms with Crippen LogP contribution in [-0.4, -0.2) is 63.4 Å². The lowest BCUT2D eigenvalue weighted by molar-refractivity contribution is -0.139. The van der Waals surface area contributed by atoms with Gasteiger partial charge in [-0.25, -0.2) is 0 Å². The fourth-order valence-electron chi connectivity index (χ4n) is 2.85. The summed E-state index contributed by atoms with van der Waals surface area (Å²) in [6, 6.07) is 5.68. The van der Waals surface area contributed by atoms with Crippen molar-refractivity contribution in [3.05, 3.63) is 23.8 Å². The zero-order valence-corrected chi connectivity index (χ0v) is 13.5. The van der Waals surface area contributed by atoms with Crippen molar-refractivity contribution in [2.75, 3.05) is 46.7 Å². The van der Waals surface area contributed by atoms with Gasteiger partial charge in [-0.3, -0.25) is 14.5 Å². The summed E-state index contributed by atoms with van der Waals surface area (Å²) < 4.78 is 16.2. The van der Waals surface area contributed by atoms with Crippen molar-refractivity contribution in [2.45, 2.75) is 6.04 Å². The molecule has 2 aliphatic heterocycles. The molecule has 0 aromatic heterocycles. The van der Waals surface area contributed by atoms with Crippen LogP contribution in [0.5, 0.6) is 11.5 Å². The van der Waals surface area contributed by atoms with E-state index in [1.807, 2.05) is 18.2 Å². The Labute approximate surface area is 140 Å². The standard InChI is InChI=1S/C16H21N3O5/c1-17-15(20)16(21)18-9-12(19-4-6-22-7-5-19)11-2-3-13-14(8-11)24-10-23-13/h2-3,8,12H,4-7,9-10H2,1H3,(H,17,20)(H,18,21)/t12-/m1/s1. The Kier molecular flexibility index (Phi) is 5.17. The molecule has 3 rings (SSSR count). The van der Waals surface area contributed by atoms with Gasteiger partial charge in [-0.1, -0.05) is 6.07 Å². The molecule has 0 unspecified atom stereocenters. The van der Waals surface area contributed by atoms with Gasteiger partial charge in [-0.05, 0) is 17.7 Å². The van der Waals surface area contributed by atoms with Gasteiger partial charge in [0.15, 0.2) is 11.5 Å².